The van der Waals surface area contributed by atoms with Gasteiger partial charge in [0.15, 0.2) is 5.82 Å². The summed E-state index contributed by atoms with van der Waals surface area (Å²) in [5.74, 6) is 1.06. The lowest BCUT2D eigenvalue weighted by molar-refractivity contribution is -0.120. The Morgan fingerprint density at radius 2 is 2.10 bits per heavy atom. The Bertz CT molecular complexity index is 637. The summed E-state index contributed by atoms with van der Waals surface area (Å²) in [5, 5.41) is 6.58. The van der Waals surface area contributed by atoms with E-state index in [1.54, 1.807) is 6.92 Å². The molecule has 7 heteroatoms. The number of rotatable bonds is 6. The fourth-order valence-corrected chi connectivity index (χ4v) is 1.93. The third-order valence-corrected chi connectivity index (χ3v) is 3.08. The molecule has 1 aromatic carbocycles. The van der Waals surface area contributed by atoms with E-state index >= 15 is 0 Å². The highest BCUT2D eigenvalue weighted by Gasteiger charge is 2.06. The third kappa shape index (κ3) is 4.64. The number of benzene rings is 1. The number of aromatic nitrogens is 2. The van der Waals surface area contributed by atoms with Crippen LogP contribution in [0.15, 0.2) is 28.8 Å². The molecule has 1 aromatic heterocycles. The van der Waals surface area contributed by atoms with Crippen molar-refractivity contribution < 1.29 is 9.32 Å². The average Bonchev–Trinajstić information content (AvgIpc) is 2.85. The zero-order chi connectivity index (χ0) is 15.2. The Morgan fingerprint density at radius 1 is 1.38 bits per heavy atom. The van der Waals surface area contributed by atoms with Crippen LogP contribution in [-0.2, 0) is 17.6 Å². The standard InChI is InChI=1S/C14H16N4O2S/c1-9-17-12(18-20-9)6-7-16-13(19)8-10-2-4-11(5-3-10)14(15)21/h2-5H,6-8H2,1H3,(H2,15,21)(H,16,19). The highest BCUT2D eigenvalue weighted by atomic mass is 32.1. The van der Waals surface area contributed by atoms with Crippen LogP contribution in [0.25, 0.3) is 0 Å². The van der Waals surface area contributed by atoms with Crippen molar-refractivity contribution in [3.63, 3.8) is 0 Å². The topological polar surface area (TPSA) is 94.0 Å². The number of carbonyl (C=O) groups is 1. The Balaban J connectivity index is 1.77. The van der Waals surface area contributed by atoms with Gasteiger partial charge in [-0.05, 0) is 5.56 Å². The van der Waals surface area contributed by atoms with Gasteiger partial charge < -0.3 is 15.6 Å². The maximum absolute atomic E-state index is 11.8. The van der Waals surface area contributed by atoms with Crippen LogP contribution in [0.5, 0.6) is 0 Å². The van der Waals surface area contributed by atoms with E-state index in [1.807, 2.05) is 24.3 Å². The van der Waals surface area contributed by atoms with Crippen molar-refractivity contribution in [2.75, 3.05) is 6.54 Å². The van der Waals surface area contributed by atoms with Crippen LogP contribution in [0.4, 0.5) is 0 Å². The van der Waals surface area contributed by atoms with Crippen molar-refractivity contribution in [1.29, 1.82) is 0 Å². The predicted molar refractivity (Wildman–Crippen MR) is 81.8 cm³/mol. The maximum atomic E-state index is 11.8. The van der Waals surface area contributed by atoms with Gasteiger partial charge in [0.05, 0.1) is 6.42 Å². The highest BCUT2D eigenvalue weighted by Crippen LogP contribution is 2.05. The van der Waals surface area contributed by atoms with Crippen molar-refractivity contribution in [1.82, 2.24) is 15.5 Å². The molecule has 0 spiro atoms. The van der Waals surface area contributed by atoms with Gasteiger partial charge in [-0.3, -0.25) is 4.79 Å². The van der Waals surface area contributed by atoms with E-state index in [4.69, 9.17) is 22.5 Å². The van der Waals surface area contributed by atoms with Gasteiger partial charge in [-0.25, -0.2) is 0 Å². The summed E-state index contributed by atoms with van der Waals surface area (Å²) in [6, 6.07) is 7.31. The minimum atomic E-state index is -0.0571. The number of aryl methyl sites for hydroxylation is 1. The second-order valence-corrected chi connectivity index (χ2v) is 5.01. The fourth-order valence-electron chi connectivity index (χ4n) is 1.79. The molecule has 0 saturated carbocycles. The molecule has 0 fully saturated rings. The molecule has 0 radical (unpaired) electrons. The van der Waals surface area contributed by atoms with Crippen LogP contribution < -0.4 is 11.1 Å². The summed E-state index contributed by atoms with van der Waals surface area (Å²) in [6.45, 7) is 2.20. The summed E-state index contributed by atoms with van der Waals surface area (Å²) in [7, 11) is 0. The van der Waals surface area contributed by atoms with Gasteiger partial charge in [-0.2, -0.15) is 4.98 Å². The lowest BCUT2D eigenvalue weighted by Crippen LogP contribution is -2.27. The van der Waals surface area contributed by atoms with E-state index in [9.17, 15) is 4.79 Å². The smallest absolute Gasteiger partial charge is 0.224 e. The quantitative estimate of drug-likeness (QED) is 0.771. The van der Waals surface area contributed by atoms with Crippen LogP contribution in [0.1, 0.15) is 22.8 Å². The van der Waals surface area contributed by atoms with Crippen LogP contribution in [-0.4, -0.2) is 27.6 Å². The molecule has 0 saturated heterocycles. The largest absolute Gasteiger partial charge is 0.389 e. The van der Waals surface area contributed by atoms with Crippen molar-refractivity contribution in [3.05, 3.63) is 47.1 Å². The Hall–Kier alpha value is -2.28. The number of nitrogens with zero attached hydrogens (tertiary/aromatic N) is 2. The minimum Gasteiger partial charge on any atom is -0.389 e. The van der Waals surface area contributed by atoms with Gasteiger partial charge in [-0.15, -0.1) is 0 Å². The zero-order valence-corrected chi connectivity index (χ0v) is 12.4. The first-order chi connectivity index (χ1) is 10.0. The molecule has 110 valence electrons. The molecule has 3 N–H and O–H groups in total. The first-order valence-electron chi connectivity index (χ1n) is 6.49. The predicted octanol–water partition coefficient (Wildman–Crippen LogP) is 0.914. The molecule has 0 aliphatic heterocycles. The molecule has 2 rings (SSSR count). The summed E-state index contributed by atoms with van der Waals surface area (Å²) in [5.41, 5.74) is 7.22. The number of nitrogens with one attached hydrogen (secondary N) is 1. The van der Waals surface area contributed by atoms with Gasteiger partial charge in [0.1, 0.15) is 4.99 Å². The van der Waals surface area contributed by atoms with E-state index in [0.29, 0.717) is 36.1 Å². The van der Waals surface area contributed by atoms with Crippen LogP contribution in [0, 0.1) is 6.92 Å². The SMILES string of the molecule is Cc1nc(CCNC(=O)Cc2ccc(C(N)=S)cc2)no1. The zero-order valence-electron chi connectivity index (χ0n) is 11.6. The highest BCUT2D eigenvalue weighted by molar-refractivity contribution is 7.80. The Labute approximate surface area is 127 Å². The molecule has 0 atom stereocenters. The molecule has 1 heterocycles. The van der Waals surface area contributed by atoms with E-state index in [0.717, 1.165) is 11.1 Å². The van der Waals surface area contributed by atoms with E-state index in [2.05, 4.69) is 15.5 Å². The first kappa shape index (κ1) is 15.1. The van der Waals surface area contributed by atoms with Crippen molar-refractivity contribution in [3.8, 4) is 0 Å². The molecule has 0 unspecified atom stereocenters. The normalized spacial score (nSPS) is 10.3. The molecule has 0 bridgehead atoms. The van der Waals surface area contributed by atoms with Crippen molar-refractivity contribution >= 4 is 23.1 Å². The van der Waals surface area contributed by atoms with Crippen LogP contribution in [0.2, 0.25) is 0 Å². The number of amides is 1. The monoisotopic (exact) mass is 304 g/mol. The molecule has 0 aliphatic rings. The van der Waals surface area contributed by atoms with E-state index in [-0.39, 0.29) is 5.91 Å². The van der Waals surface area contributed by atoms with Gasteiger partial charge >= 0.3 is 0 Å². The molecule has 0 aliphatic carbocycles. The molecule has 2 aromatic rings. The van der Waals surface area contributed by atoms with Crippen molar-refractivity contribution in [2.45, 2.75) is 19.8 Å². The van der Waals surface area contributed by atoms with Crippen LogP contribution in [0.3, 0.4) is 0 Å². The number of nitrogens with two attached hydrogens (primary N) is 1. The molecule has 6 nitrogen and oxygen atoms in total. The Kier molecular flexibility index (Phi) is 4.99. The number of thiocarbonyl (C=S) groups is 1. The second kappa shape index (κ2) is 6.94. The number of carbonyl (C=O) groups excluding carboxylic acids is 1. The van der Waals surface area contributed by atoms with Gasteiger partial charge in [0.25, 0.3) is 0 Å². The van der Waals surface area contributed by atoms with E-state index in [1.165, 1.54) is 0 Å². The average molecular weight is 304 g/mol. The summed E-state index contributed by atoms with van der Waals surface area (Å²) in [4.78, 5) is 16.2. The minimum absolute atomic E-state index is 0.0571. The summed E-state index contributed by atoms with van der Waals surface area (Å²) >= 11 is 4.88. The van der Waals surface area contributed by atoms with E-state index < -0.39 is 0 Å². The van der Waals surface area contributed by atoms with Gasteiger partial charge in [0.2, 0.25) is 11.8 Å². The summed E-state index contributed by atoms with van der Waals surface area (Å²) in [6.07, 6.45) is 0.854. The van der Waals surface area contributed by atoms with Crippen molar-refractivity contribution in [2.24, 2.45) is 5.73 Å². The van der Waals surface area contributed by atoms with Gasteiger partial charge in [-0.1, -0.05) is 41.6 Å². The molecule has 1 amide bonds. The Morgan fingerprint density at radius 3 is 2.67 bits per heavy atom. The maximum Gasteiger partial charge on any atom is 0.224 e. The molecular weight excluding hydrogens is 288 g/mol. The van der Waals surface area contributed by atoms with Crippen LogP contribution >= 0.6 is 12.2 Å². The molecule has 21 heavy (non-hydrogen) atoms. The second-order valence-electron chi connectivity index (χ2n) is 4.57. The lowest BCUT2D eigenvalue weighted by Gasteiger charge is -2.05. The first-order valence-corrected chi connectivity index (χ1v) is 6.90. The lowest BCUT2D eigenvalue weighted by atomic mass is 10.1. The fraction of sp³-hybridized carbons (Fsp3) is 0.286. The number of hydrogen-bond acceptors (Lipinski definition) is 5. The summed E-state index contributed by atoms with van der Waals surface area (Å²) < 4.78 is 4.85. The third-order valence-electron chi connectivity index (χ3n) is 2.84. The number of hydrogen-bond donors (Lipinski definition) is 2. The van der Waals surface area contributed by atoms with Gasteiger partial charge in [0, 0.05) is 25.5 Å². The molecular formula is C14H16N4O2S.